The molecule has 0 atom stereocenters. The van der Waals surface area contributed by atoms with E-state index in [1.165, 1.54) is 16.5 Å². The van der Waals surface area contributed by atoms with Crippen molar-refractivity contribution in [2.75, 3.05) is 50.6 Å². The van der Waals surface area contributed by atoms with Gasteiger partial charge in [-0.2, -0.15) is 4.37 Å². The molecule has 0 saturated heterocycles. The fraction of sp³-hybridized carbons (Fsp3) is 0.727. The Bertz CT molecular complexity index is 338. The van der Waals surface area contributed by atoms with Crippen molar-refractivity contribution in [2.24, 2.45) is 0 Å². The smallest absolute Gasteiger partial charge is 0.153 e. The lowest BCUT2D eigenvalue weighted by Crippen LogP contribution is -2.32. The predicted molar refractivity (Wildman–Crippen MR) is 79.4 cm³/mol. The molecule has 0 bridgehead atoms. The molecule has 2 N–H and O–H groups in total. The van der Waals surface area contributed by atoms with E-state index in [1.54, 1.807) is 11.8 Å². The molecule has 0 radical (unpaired) electrons. The normalized spacial score (nSPS) is 11.1. The number of anilines is 2. The van der Waals surface area contributed by atoms with E-state index in [0.717, 1.165) is 31.0 Å². The molecular formula is C11H22N4S2. The highest BCUT2D eigenvalue weighted by Crippen LogP contribution is 2.37. The zero-order valence-corrected chi connectivity index (χ0v) is 12.7. The largest absolute Gasteiger partial charge is 0.382 e. The summed E-state index contributed by atoms with van der Waals surface area (Å²) in [5.41, 5.74) is 5.88. The van der Waals surface area contributed by atoms with E-state index in [9.17, 15) is 0 Å². The average molecular weight is 274 g/mol. The van der Waals surface area contributed by atoms with Crippen molar-refractivity contribution in [3.05, 3.63) is 0 Å². The summed E-state index contributed by atoms with van der Waals surface area (Å²) in [5, 5.41) is 1.22. The van der Waals surface area contributed by atoms with Crippen LogP contribution in [0.4, 0.5) is 10.8 Å². The van der Waals surface area contributed by atoms with Gasteiger partial charge in [0.25, 0.3) is 0 Å². The van der Waals surface area contributed by atoms with Crippen molar-refractivity contribution in [3.8, 4) is 0 Å². The van der Waals surface area contributed by atoms with Crippen molar-refractivity contribution >= 4 is 34.1 Å². The van der Waals surface area contributed by atoms with Crippen LogP contribution in [0.3, 0.4) is 0 Å². The second-order valence-electron chi connectivity index (χ2n) is 4.20. The Labute approximate surface area is 112 Å². The van der Waals surface area contributed by atoms with Gasteiger partial charge in [-0.05, 0) is 38.3 Å². The van der Waals surface area contributed by atoms with Crippen molar-refractivity contribution < 1.29 is 0 Å². The van der Waals surface area contributed by atoms with Gasteiger partial charge in [0.15, 0.2) is 5.82 Å². The van der Waals surface area contributed by atoms with Crippen LogP contribution in [0.5, 0.6) is 0 Å². The molecule has 0 aliphatic heterocycles. The van der Waals surface area contributed by atoms with Gasteiger partial charge in [0.2, 0.25) is 0 Å². The first-order chi connectivity index (χ1) is 8.10. The summed E-state index contributed by atoms with van der Waals surface area (Å²) in [4.78, 5) is 5.72. The van der Waals surface area contributed by atoms with E-state index < -0.39 is 0 Å². The third-order valence-corrected chi connectivity index (χ3v) is 4.32. The fourth-order valence-corrected chi connectivity index (χ4v) is 3.32. The quantitative estimate of drug-likeness (QED) is 0.773. The van der Waals surface area contributed by atoms with Crippen LogP contribution in [-0.2, 0) is 0 Å². The number of rotatable bonds is 7. The highest BCUT2D eigenvalue weighted by atomic mass is 32.2. The molecule has 1 aromatic heterocycles. The SMILES string of the molecule is CCCN(CCN(C)C)c1snc(N)c1SC. The van der Waals surface area contributed by atoms with E-state index in [1.807, 2.05) is 0 Å². The molecule has 1 heterocycles. The van der Waals surface area contributed by atoms with Crippen molar-refractivity contribution in [2.45, 2.75) is 18.2 Å². The molecule has 0 fully saturated rings. The van der Waals surface area contributed by atoms with Crippen molar-refractivity contribution in [3.63, 3.8) is 0 Å². The summed E-state index contributed by atoms with van der Waals surface area (Å²) in [5.74, 6) is 0.670. The molecule has 4 nitrogen and oxygen atoms in total. The van der Waals surface area contributed by atoms with Crippen LogP contribution < -0.4 is 10.6 Å². The summed E-state index contributed by atoms with van der Waals surface area (Å²) >= 11 is 3.20. The van der Waals surface area contributed by atoms with Gasteiger partial charge in [-0.25, -0.2) is 0 Å². The molecule has 0 aliphatic rings. The monoisotopic (exact) mass is 274 g/mol. The van der Waals surface area contributed by atoms with Gasteiger partial charge in [0.05, 0.1) is 4.90 Å². The molecule has 0 spiro atoms. The fourth-order valence-electron chi connectivity index (χ4n) is 1.58. The molecule has 0 saturated carbocycles. The van der Waals surface area contributed by atoms with Crippen LogP contribution in [-0.4, -0.2) is 49.3 Å². The van der Waals surface area contributed by atoms with Crippen LogP contribution in [0, 0.1) is 0 Å². The molecule has 1 rings (SSSR count). The summed E-state index contributed by atoms with van der Waals surface area (Å²) in [6.07, 6.45) is 3.19. The summed E-state index contributed by atoms with van der Waals surface area (Å²) < 4.78 is 4.26. The van der Waals surface area contributed by atoms with Crippen LogP contribution >= 0.6 is 23.3 Å². The molecule has 98 valence electrons. The van der Waals surface area contributed by atoms with Gasteiger partial charge in [-0.15, -0.1) is 11.8 Å². The predicted octanol–water partition coefficient (Wildman–Crippen LogP) is 2.23. The van der Waals surface area contributed by atoms with E-state index in [4.69, 9.17) is 5.73 Å². The van der Waals surface area contributed by atoms with Crippen molar-refractivity contribution in [1.82, 2.24) is 9.27 Å². The molecule has 0 amide bonds. The van der Waals surface area contributed by atoms with Crippen molar-refractivity contribution in [1.29, 1.82) is 0 Å². The first-order valence-electron chi connectivity index (χ1n) is 5.79. The maximum absolute atomic E-state index is 5.88. The van der Waals surface area contributed by atoms with Gasteiger partial charge in [-0.1, -0.05) is 6.92 Å². The Balaban J connectivity index is 2.80. The number of nitrogen functional groups attached to an aromatic ring is 1. The Morgan fingerprint density at radius 2 is 2.00 bits per heavy atom. The first-order valence-corrected chi connectivity index (χ1v) is 7.78. The molecule has 1 aromatic rings. The Hall–Kier alpha value is -0.460. The standard InChI is InChI=1S/C11H22N4S2/c1-5-6-15(8-7-14(2)3)11-9(16-4)10(12)13-17-11/h5-8H2,1-4H3,(H2,12,13). The van der Waals surface area contributed by atoms with Gasteiger partial charge < -0.3 is 15.5 Å². The average Bonchev–Trinajstić information content (AvgIpc) is 2.65. The second-order valence-corrected chi connectivity index (χ2v) is 5.76. The van der Waals surface area contributed by atoms with E-state index >= 15 is 0 Å². The number of nitrogens with two attached hydrogens (primary N) is 1. The van der Waals surface area contributed by atoms with Crippen LogP contribution in [0.1, 0.15) is 13.3 Å². The van der Waals surface area contributed by atoms with Gasteiger partial charge >= 0.3 is 0 Å². The number of thioether (sulfide) groups is 1. The van der Waals surface area contributed by atoms with Crippen LogP contribution in [0.25, 0.3) is 0 Å². The van der Waals surface area contributed by atoms with E-state index in [0.29, 0.717) is 5.82 Å². The lowest BCUT2D eigenvalue weighted by Gasteiger charge is -2.24. The number of nitrogens with zero attached hydrogens (tertiary/aromatic N) is 3. The molecule has 17 heavy (non-hydrogen) atoms. The lowest BCUT2D eigenvalue weighted by molar-refractivity contribution is 0.413. The van der Waals surface area contributed by atoms with Gasteiger partial charge in [-0.3, -0.25) is 0 Å². The highest BCUT2D eigenvalue weighted by Gasteiger charge is 2.16. The maximum Gasteiger partial charge on any atom is 0.153 e. The minimum Gasteiger partial charge on any atom is -0.382 e. The third kappa shape index (κ3) is 4.04. The van der Waals surface area contributed by atoms with E-state index in [-0.39, 0.29) is 0 Å². The molecule has 0 unspecified atom stereocenters. The second kappa shape index (κ2) is 7.08. The number of hydrogen-bond donors (Lipinski definition) is 1. The maximum atomic E-state index is 5.88. The minimum atomic E-state index is 0.670. The zero-order chi connectivity index (χ0) is 12.8. The Morgan fingerprint density at radius 3 is 2.53 bits per heavy atom. The van der Waals surface area contributed by atoms with Crippen LogP contribution in [0.2, 0.25) is 0 Å². The Morgan fingerprint density at radius 1 is 1.29 bits per heavy atom. The summed E-state index contributed by atoms with van der Waals surface area (Å²) in [7, 11) is 4.20. The zero-order valence-electron chi connectivity index (χ0n) is 11.1. The Kier molecular flexibility index (Phi) is 6.08. The minimum absolute atomic E-state index is 0.670. The summed E-state index contributed by atoms with van der Waals surface area (Å²) in [6.45, 7) is 5.33. The third-order valence-electron chi connectivity index (χ3n) is 2.46. The summed E-state index contributed by atoms with van der Waals surface area (Å²) in [6, 6.07) is 0. The van der Waals surface area contributed by atoms with Gasteiger partial charge in [0.1, 0.15) is 5.00 Å². The van der Waals surface area contributed by atoms with Gasteiger partial charge in [0, 0.05) is 19.6 Å². The van der Waals surface area contributed by atoms with Crippen LogP contribution in [0.15, 0.2) is 4.90 Å². The molecular weight excluding hydrogens is 252 g/mol. The molecule has 0 aliphatic carbocycles. The highest BCUT2D eigenvalue weighted by molar-refractivity contribution is 7.99. The molecule has 0 aromatic carbocycles. The number of aromatic nitrogens is 1. The first kappa shape index (κ1) is 14.6. The number of likely N-dealkylation sites (N-methyl/N-ethyl adjacent to an activating group) is 1. The molecule has 6 heteroatoms. The lowest BCUT2D eigenvalue weighted by atomic mass is 10.4. The topological polar surface area (TPSA) is 45.4 Å². The number of hydrogen-bond acceptors (Lipinski definition) is 6. The van der Waals surface area contributed by atoms with E-state index in [2.05, 4.69) is 41.4 Å².